The zero-order valence-corrected chi connectivity index (χ0v) is 20.3. The molecule has 178 valence electrons. The van der Waals surface area contributed by atoms with E-state index in [0.29, 0.717) is 0 Å². The van der Waals surface area contributed by atoms with Crippen LogP contribution in [0.25, 0.3) is 32.8 Å². The smallest absolute Gasteiger partial charge is 0.115 e. The number of unbranched alkanes of at least 4 members (excludes halogenated alkanes) is 2. The van der Waals surface area contributed by atoms with Gasteiger partial charge in [-0.1, -0.05) is 62.2 Å². The predicted octanol–water partition coefficient (Wildman–Crippen LogP) is 7.43. The minimum Gasteiger partial charge on any atom is -0.340 e. The highest BCUT2D eigenvalue weighted by Crippen LogP contribution is 2.31. The Morgan fingerprint density at radius 1 is 0.778 bits per heavy atom. The first-order valence-electron chi connectivity index (χ1n) is 12.5. The highest BCUT2D eigenvalue weighted by molar-refractivity contribution is 6.09. The molecule has 6 nitrogen and oxygen atoms in total. The summed E-state index contributed by atoms with van der Waals surface area (Å²) >= 11 is 0. The summed E-state index contributed by atoms with van der Waals surface area (Å²) in [5.41, 5.74) is 7.17. The number of nitrogens with one attached hydrogen (secondary N) is 1. The van der Waals surface area contributed by atoms with Gasteiger partial charge < -0.3 is 4.57 Å². The lowest BCUT2D eigenvalue weighted by atomic mass is 10.1. The molecule has 6 aromatic rings. The Balaban J connectivity index is 1.40. The molecule has 6 rings (SSSR count). The van der Waals surface area contributed by atoms with Gasteiger partial charge >= 0.3 is 0 Å². The van der Waals surface area contributed by atoms with Crippen molar-refractivity contribution in [2.45, 2.75) is 32.7 Å². The number of nitrogens with zero attached hydrogens (tertiary/aromatic N) is 5. The van der Waals surface area contributed by atoms with Gasteiger partial charge in [-0.05, 0) is 60.5 Å². The summed E-state index contributed by atoms with van der Waals surface area (Å²) in [6, 6.07) is 31.5. The summed E-state index contributed by atoms with van der Waals surface area (Å²) in [4.78, 5) is 0. The van der Waals surface area contributed by atoms with Crippen LogP contribution in [0, 0.1) is 0 Å². The van der Waals surface area contributed by atoms with Gasteiger partial charge in [-0.25, -0.2) is 5.01 Å². The van der Waals surface area contributed by atoms with Crippen LogP contribution in [0.5, 0.6) is 0 Å². The Morgan fingerprint density at radius 3 is 2.47 bits per heavy atom. The van der Waals surface area contributed by atoms with Crippen molar-refractivity contribution in [2.75, 3.05) is 5.01 Å². The van der Waals surface area contributed by atoms with Gasteiger partial charge in [0.15, 0.2) is 0 Å². The van der Waals surface area contributed by atoms with Crippen LogP contribution < -0.4 is 5.01 Å². The molecule has 0 radical (unpaired) electrons. The predicted molar refractivity (Wildman–Crippen MR) is 149 cm³/mol. The number of fused-ring (bicyclic) bond motifs is 4. The fourth-order valence-electron chi connectivity index (χ4n) is 4.85. The molecule has 0 saturated heterocycles. The molecule has 6 heteroatoms. The lowest BCUT2D eigenvalue weighted by Crippen LogP contribution is -2.09. The number of benzene rings is 4. The Bertz CT molecular complexity index is 1660. The van der Waals surface area contributed by atoms with Gasteiger partial charge in [0.1, 0.15) is 11.0 Å². The van der Waals surface area contributed by atoms with E-state index in [1.807, 2.05) is 47.6 Å². The summed E-state index contributed by atoms with van der Waals surface area (Å²) in [5.74, 6) is 0. The maximum absolute atomic E-state index is 4.92. The third-order valence-corrected chi connectivity index (χ3v) is 6.65. The molecule has 0 bridgehead atoms. The van der Waals surface area contributed by atoms with E-state index in [-0.39, 0.29) is 0 Å². The van der Waals surface area contributed by atoms with E-state index in [2.05, 4.69) is 81.5 Å². The van der Waals surface area contributed by atoms with Crippen molar-refractivity contribution in [1.29, 1.82) is 0 Å². The van der Waals surface area contributed by atoms with Gasteiger partial charge in [-0.3, -0.25) is 0 Å². The van der Waals surface area contributed by atoms with Crippen molar-refractivity contribution >= 4 is 50.4 Å². The Labute approximate surface area is 209 Å². The zero-order chi connectivity index (χ0) is 24.3. The maximum atomic E-state index is 4.92. The molecule has 2 heterocycles. The molecular formula is C30H28N6. The van der Waals surface area contributed by atoms with E-state index in [0.717, 1.165) is 34.5 Å². The van der Waals surface area contributed by atoms with Gasteiger partial charge in [0.25, 0.3) is 0 Å². The monoisotopic (exact) mass is 472 g/mol. The fourth-order valence-corrected chi connectivity index (χ4v) is 4.85. The van der Waals surface area contributed by atoms with Crippen LogP contribution in [-0.4, -0.2) is 26.2 Å². The second-order valence-electron chi connectivity index (χ2n) is 9.04. The molecular weight excluding hydrogens is 444 g/mol. The van der Waals surface area contributed by atoms with E-state index < -0.39 is 0 Å². The summed E-state index contributed by atoms with van der Waals surface area (Å²) in [6.07, 6.45) is 5.59. The van der Waals surface area contributed by atoms with Crippen LogP contribution in [0.4, 0.5) is 11.4 Å². The SMILES string of the molecule is CCCCCn1c2ccccc2c2cc(C=NN(c3ccccc3)c3ccc4n[nH]nc4c3)ccc21. The number of aromatic amines is 1. The van der Waals surface area contributed by atoms with E-state index in [9.17, 15) is 0 Å². The highest BCUT2D eigenvalue weighted by atomic mass is 15.5. The minimum absolute atomic E-state index is 0.806. The number of rotatable bonds is 8. The van der Waals surface area contributed by atoms with E-state index in [1.54, 1.807) is 0 Å². The number of hydrogen-bond acceptors (Lipinski definition) is 4. The number of hydrazone groups is 1. The topological polar surface area (TPSA) is 62.1 Å². The zero-order valence-electron chi connectivity index (χ0n) is 20.3. The van der Waals surface area contributed by atoms with Crippen LogP contribution in [0.1, 0.15) is 31.7 Å². The van der Waals surface area contributed by atoms with Gasteiger partial charge in [-0.2, -0.15) is 20.5 Å². The van der Waals surface area contributed by atoms with Crippen molar-refractivity contribution in [2.24, 2.45) is 5.10 Å². The molecule has 0 aliphatic rings. The number of hydrogen-bond donors (Lipinski definition) is 1. The van der Waals surface area contributed by atoms with Gasteiger partial charge in [0, 0.05) is 28.4 Å². The standard InChI is InChI=1S/C30H28N6/c1-2-3-9-18-35-29-13-8-7-12-25(29)26-19-22(14-17-30(26)35)21-31-36(23-10-5-4-6-11-23)24-15-16-27-28(20-24)33-34-32-27/h4-8,10-17,19-21H,2-3,9,18H2,1H3,(H,32,33,34). The van der Waals surface area contributed by atoms with E-state index >= 15 is 0 Å². The number of para-hydroxylation sites is 2. The molecule has 0 amide bonds. The van der Waals surface area contributed by atoms with Crippen LogP contribution in [-0.2, 0) is 6.54 Å². The summed E-state index contributed by atoms with van der Waals surface area (Å²) in [6.45, 7) is 3.29. The summed E-state index contributed by atoms with van der Waals surface area (Å²) < 4.78 is 2.46. The lowest BCUT2D eigenvalue weighted by molar-refractivity contribution is 0.627. The lowest BCUT2D eigenvalue weighted by Gasteiger charge is -2.19. The number of H-pyrrole nitrogens is 1. The first kappa shape index (κ1) is 22.0. The van der Waals surface area contributed by atoms with Crippen LogP contribution in [0.15, 0.2) is 96.1 Å². The van der Waals surface area contributed by atoms with Gasteiger partial charge in [0.05, 0.1) is 17.6 Å². The molecule has 36 heavy (non-hydrogen) atoms. The first-order valence-corrected chi connectivity index (χ1v) is 12.5. The Morgan fingerprint density at radius 2 is 1.58 bits per heavy atom. The molecule has 0 aliphatic heterocycles. The Hall–Kier alpha value is -4.45. The second kappa shape index (κ2) is 9.66. The molecule has 0 spiro atoms. The van der Waals surface area contributed by atoms with Gasteiger partial charge in [-0.15, -0.1) is 0 Å². The van der Waals surface area contributed by atoms with E-state index in [1.165, 1.54) is 41.1 Å². The van der Waals surface area contributed by atoms with E-state index in [4.69, 9.17) is 5.10 Å². The average Bonchev–Trinajstić information content (AvgIpc) is 3.52. The highest BCUT2D eigenvalue weighted by Gasteiger charge is 2.12. The number of aromatic nitrogens is 4. The molecule has 0 fully saturated rings. The van der Waals surface area contributed by atoms with Crippen LogP contribution >= 0.6 is 0 Å². The first-order chi connectivity index (χ1) is 17.8. The molecule has 0 aliphatic carbocycles. The molecule has 0 unspecified atom stereocenters. The Kier molecular flexibility index (Phi) is 5.91. The van der Waals surface area contributed by atoms with Crippen molar-refractivity contribution < 1.29 is 0 Å². The molecule has 2 aromatic heterocycles. The second-order valence-corrected chi connectivity index (χ2v) is 9.04. The summed E-state index contributed by atoms with van der Waals surface area (Å²) in [5, 5.41) is 20.5. The third kappa shape index (κ3) is 4.11. The molecule has 0 atom stereocenters. The van der Waals surface area contributed by atoms with Crippen LogP contribution in [0.2, 0.25) is 0 Å². The quantitative estimate of drug-likeness (QED) is 0.142. The maximum Gasteiger partial charge on any atom is 0.115 e. The van der Waals surface area contributed by atoms with Crippen molar-refractivity contribution in [3.8, 4) is 0 Å². The minimum atomic E-state index is 0.806. The average molecular weight is 473 g/mol. The van der Waals surface area contributed by atoms with Crippen molar-refractivity contribution in [3.05, 3.63) is 96.6 Å². The largest absolute Gasteiger partial charge is 0.340 e. The normalized spacial score (nSPS) is 11.8. The third-order valence-electron chi connectivity index (χ3n) is 6.65. The van der Waals surface area contributed by atoms with Crippen molar-refractivity contribution in [1.82, 2.24) is 20.0 Å². The molecule has 1 N–H and O–H groups in total. The number of anilines is 2. The van der Waals surface area contributed by atoms with Gasteiger partial charge in [0.2, 0.25) is 0 Å². The molecule has 0 saturated carbocycles. The molecule has 4 aromatic carbocycles. The van der Waals surface area contributed by atoms with Crippen LogP contribution in [0.3, 0.4) is 0 Å². The fraction of sp³-hybridized carbons (Fsp3) is 0.167. The number of aryl methyl sites for hydroxylation is 1. The van der Waals surface area contributed by atoms with Crippen molar-refractivity contribution in [3.63, 3.8) is 0 Å². The summed E-state index contributed by atoms with van der Waals surface area (Å²) in [7, 11) is 0.